The van der Waals surface area contributed by atoms with Gasteiger partial charge in [0.25, 0.3) is 5.91 Å². The first-order valence-corrected chi connectivity index (χ1v) is 8.15. The summed E-state index contributed by atoms with van der Waals surface area (Å²) in [6, 6.07) is 13.1. The number of carbonyl (C=O) groups is 1. The number of aromatic nitrogens is 2. The van der Waals surface area contributed by atoms with Gasteiger partial charge in [-0.15, -0.1) is 11.3 Å². The Labute approximate surface area is 143 Å². The summed E-state index contributed by atoms with van der Waals surface area (Å²) in [6.07, 6.45) is 0. The molecule has 5 nitrogen and oxygen atoms in total. The highest BCUT2D eigenvalue weighted by Crippen LogP contribution is 2.22. The monoisotopic (exact) mass is 337 g/mol. The average molecular weight is 337 g/mol. The number of nitrogens with one attached hydrogen (secondary N) is 2. The lowest BCUT2D eigenvalue weighted by Gasteiger charge is -2.01. The molecule has 1 aromatic carbocycles. The Bertz CT molecular complexity index is 888. The third-order valence-electron chi connectivity index (χ3n) is 3.26. The molecule has 0 spiro atoms. The number of methoxy groups -OCH3 is 1. The predicted octanol–water partition coefficient (Wildman–Crippen LogP) is 2.93. The normalized spacial score (nSPS) is 9.88. The van der Waals surface area contributed by atoms with Crippen LogP contribution in [0.1, 0.15) is 16.1 Å². The Hall–Kier alpha value is -3.04. The summed E-state index contributed by atoms with van der Waals surface area (Å²) in [5.74, 6) is 6.35. The molecular weight excluding hydrogens is 322 g/mol. The molecule has 2 heterocycles. The van der Waals surface area contributed by atoms with Crippen molar-refractivity contribution in [2.75, 3.05) is 13.7 Å². The van der Waals surface area contributed by atoms with E-state index in [-0.39, 0.29) is 12.5 Å². The maximum atomic E-state index is 12.1. The maximum Gasteiger partial charge on any atom is 0.272 e. The van der Waals surface area contributed by atoms with E-state index in [0.717, 1.165) is 16.1 Å². The van der Waals surface area contributed by atoms with Crippen LogP contribution < -0.4 is 10.1 Å². The Morgan fingerprint density at radius 3 is 3.00 bits per heavy atom. The Morgan fingerprint density at radius 2 is 2.21 bits per heavy atom. The average Bonchev–Trinajstić information content (AvgIpc) is 3.29. The SMILES string of the molecule is COc1ccccc1C#CCNC(=O)c1cc(-c2cccs2)[nH]n1. The minimum absolute atomic E-state index is 0.234. The minimum Gasteiger partial charge on any atom is -0.495 e. The number of rotatable bonds is 4. The van der Waals surface area contributed by atoms with Gasteiger partial charge < -0.3 is 10.1 Å². The summed E-state index contributed by atoms with van der Waals surface area (Å²) in [5, 5.41) is 11.6. The first-order valence-electron chi connectivity index (χ1n) is 7.27. The summed E-state index contributed by atoms with van der Waals surface area (Å²) in [4.78, 5) is 13.1. The topological polar surface area (TPSA) is 67.0 Å². The molecule has 0 atom stereocenters. The zero-order chi connectivity index (χ0) is 16.8. The van der Waals surface area contributed by atoms with Crippen LogP contribution in [0, 0.1) is 11.8 Å². The molecule has 0 unspecified atom stereocenters. The van der Waals surface area contributed by atoms with E-state index in [1.807, 2.05) is 41.8 Å². The molecule has 3 aromatic rings. The lowest BCUT2D eigenvalue weighted by molar-refractivity contribution is 0.0953. The van der Waals surface area contributed by atoms with Gasteiger partial charge in [-0.05, 0) is 29.6 Å². The number of thiophene rings is 1. The highest BCUT2D eigenvalue weighted by molar-refractivity contribution is 7.13. The molecule has 24 heavy (non-hydrogen) atoms. The lowest BCUT2D eigenvalue weighted by atomic mass is 10.2. The van der Waals surface area contributed by atoms with Crippen molar-refractivity contribution in [1.29, 1.82) is 0 Å². The molecule has 2 aromatic heterocycles. The Balaban J connectivity index is 1.60. The molecule has 2 N–H and O–H groups in total. The summed E-state index contributed by atoms with van der Waals surface area (Å²) in [5.41, 5.74) is 1.96. The van der Waals surface area contributed by atoms with Gasteiger partial charge in [0, 0.05) is 0 Å². The smallest absolute Gasteiger partial charge is 0.272 e. The quantitative estimate of drug-likeness (QED) is 0.719. The van der Waals surface area contributed by atoms with Crippen molar-refractivity contribution in [2.24, 2.45) is 0 Å². The van der Waals surface area contributed by atoms with Crippen molar-refractivity contribution < 1.29 is 9.53 Å². The van der Waals surface area contributed by atoms with Crippen LogP contribution in [0.25, 0.3) is 10.6 Å². The van der Waals surface area contributed by atoms with Crippen molar-refractivity contribution in [3.05, 3.63) is 59.1 Å². The van der Waals surface area contributed by atoms with Gasteiger partial charge in [0.1, 0.15) is 5.75 Å². The van der Waals surface area contributed by atoms with E-state index in [1.54, 1.807) is 24.5 Å². The second-order valence-corrected chi connectivity index (χ2v) is 5.78. The van der Waals surface area contributed by atoms with Crippen molar-refractivity contribution in [2.45, 2.75) is 0 Å². The van der Waals surface area contributed by atoms with Crippen molar-refractivity contribution >= 4 is 17.2 Å². The van der Waals surface area contributed by atoms with Gasteiger partial charge >= 0.3 is 0 Å². The lowest BCUT2D eigenvalue weighted by Crippen LogP contribution is -2.23. The molecule has 0 aliphatic rings. The Morgan fingerprint density at radius 1 is 1.33 bits per heavy atom. The van der Waals surface area contributed by atoms with Crippen LogP contribution in [0.2, 0.25) is 0 Å². The number of hydrogen-bond acceptors (Lipinski definition) is 4. The van der Waals surface area contributed by atoms with Gasteiger partial charge in [-0.3, -0.25) is 9.89 Å². The summed E-state index contributed by atoms with van der Waals surface area (Å²) in [7, 11) is 1.60. The van der Waals surface area contributed by atoms with E-state index >= 15 is 0 Å². The molecule has 0 saturated carbocycles. The Kier molecular flexibility index (Phi) is 4.94. The summed E-state index contributed by atoms with van der Waals surface area (Å²) >= 11 is 1.59. The molecule has 6 heteroatoms. The van der Waals surface area contributed by atoms with Crippen molar-refractivity contribution in [3.8, 4) is 28.2 Å². The van der Waals surface area contributed by atoms with Crippen LogP contribution in [-0.4, -0.2) is 29.8 Å². The van der Waals surface area contributed by atoms with Gasteiger partial charge in [0.15, 0.2) is 5.69 Å². The van der Waals surface area contributed by atoms with Crippen molar-refractivity contribution in [1.82, 2.24) is 15.5 Å². The zero-order valence-electron chi connectivity index (χ0n) is 13.0. The van der Waals surface area contributed by atoms with E-state index < -0.39 is 0 Å². The second-order valence-electron chi connectivity index (χ2n) is 4.83. The van der Waals surface area contributed by atoms with E-state index in [4.69, 9.17) is 4.74 Å². The number of benzene rings is 1. The third kappa shape index (κ3) is 3.65. The van der Waals surface area contributed by atoms with Crippen LogP contribution in [0.4, 0.5) is 0 Å². The zero-order valence-corrected chi connectivity index (χ0v) is 13.8. The number of para-hydroxylation sites is 1. The van der Waals surface area contributed by atoms with Crippen molar-refractivity contribution in [3.63, 3.8) is 0 Å². The fourth-order valence-corrected chi connectivity index (χ4v) is 2.79. The third-order valence-corrected chi connectivity index (χ3v) is 4.17. The predicted molar refractivity (Wildman–Crippen MR) is 94.1 cm³/mol. The molecule has 0 aliphatic carbocycles. The molecule has 1 amide bonds. The number of nitrogens with zero attached hydrogens (tertiary/aromatic N) is 1. The van der Waals surface area contributed by atoms with Gasteiger partial charge in [0.05, 0.1) is 29.8 Å². The molecule has 0 fully saturated rings. The number of aromatic amines is 1. The fraction of sp³-hybridized carbons (Fsp3) is 0.111. The number of amides is 1. The molecule has 0 radical (unpaired) electrons. The van der Waals surface area contributed by atoms with Gasteiger partial charge in [-0.25, -0.2) is 0 Å². The second kappa shape index (κ2) is 7.49. The number of ether oxygens (including phenoxy) is 1. The highest BCUT2D eigenvalue weighted by Gasteiger charge is 2.10. The van der Waals surface area contributed by atoms with Gasteiger partial charge in [-0.1, -0.05) is 30.0 Å². The highest BCUT2D eigenvalue weighted by atomic mass is 32.1. The molecule has 0 bridgehead atoms. The maximum absolute atomic E-state index is 12.1. The van der Waals surface area contributed by atoms with Gasteiger partial charge in [-0.2, -0.15) is 5.10 Å². The largest absolute Gasteiger partial charge is 0.495 e. The number of hydrogen-bond donors (Lipinski definition) is 2. The van der Waals surface area contributed by atoms with Crippen LogP contribution in [0.15, 0.2) is 47.8 Å². The molecule has 0 saturated heterocycles. The summed E-state index contributed by atoms with van der Waals surface area (Å²) < 4.78 is 5.23. The first-order chi connectivity index (χ1) is 11.8. The van der Waals surface area contributed by atoms with E-state index in [9.17, 15) is 4.79 Å². The van der Waals surface area contributed by atoms with Crippen LogP contribution >= 0.6 is 11.3 Å². The standard InChI is InChI=1S/C18H15N3O2S/c1-23-16-8-3-2-6-13(16)7-4-10-19-18(22)15-12-14(20-21-15)17-9-5-11-24-17/h2-3,5-6,8-9,11-12H,10H2,1H3,(H,19,22)(H,20,21). The van der Waals surface area contributed by atoms with E-state index in [1.165, 1.54) is 0 Å². The van der Waals surface area contributed by atoms with Gasteiger partial charge in [0.2, 0.25) is 0 Å². The fourth-order valence-electron chi connectivity index (χ4n) is 2.10. The van der Waals surface area contributed by atoms with E-state index in [0.29, 0.717) is 11.4 Å². The van der Waals surface area contributed by atoms with Crippen LogP contribution in [0.3, 0.4) is 0 Å². The van der Waals surface area contributed by atoms with E-state index in [2.05, 4.69) is 27.4 Å². The molecule has 0 aliphatic heterocycles. The van der Waals surface area contributed by atoms with Crippen LogP contribution in [-0.2, 0) is 0 Å². The number of carbonyl (C=O) groups excluding carboxylic acids is 1. The molecule has 3 rings (SSSR count). The number of H-pyrrole nitrogens is 1. The molecular formula is C18H15N3O2S. The first kappa shape index (κ1) is 15.8. The summed E-state index contributed by atoms with van der Waals surface area (Å²) in [6.45, 7) is 0.234. The van der Waals surface area contributed by atoms with Crippen LogP contribution in [0.5, 0.6) is 5.75 Å². The minimum atomic E-state index is -0.261. The molecule has 120 valence electrons.